The zero-order valence-electron chi connectivity index (χ0n) is 16.5. The number of hydrogen-bond acceptors (Lipinski definition) is 5. The van der Waals surface area contributed by atoms with Gasteiger partial charge >= 0.3 is 5.97 Å². The van der Waals surface area contributed by atoms with Crippen LogP contribution in [0.3, 0.4) is 0 Å². The Morgan fingerprint density at radius 1 is 1.03 bits per heavy atom. The number of carbonyl (C=O) groups excluding carboxylic acids is 2. The van der Waals surface area contributed by atoms with E-state index >= 15 is 0 Å². The fraction of sp³-hybridized carbons (Fsp3) is 0.304. The van der Waals surface area contributed by atoms with Crippen LogP contribution in [0.25, 0.3) is 10.9 Å². The Labute approximate surface area is 173 Å². The number of nitrogens with zero attached hydrogens (tertiary/aromatic N) is 2. The molecule has 1 atom stereocenters. The third kappa shape index (κ3) is 4.40. The summed E-state index contributed by atoms with van der Waals surface area (Å²) < 4.78 is 5.60. The van der Waals surface area contributed by atoms with Crippen molar-refractivity contribution in [3.05, 3.63) is 76.3 Å². The molecule has 1 amide bonds. The number of likely N-dealkylation sites (tertiary alicyclic amines) is 1. The molecular formula is C23H23N3O4. The number of H-pyrrole nitrogens is 1. The van der Waals surface area contributed by atoms with Gasteiger partial charge in [-0.1, -0.05) is 42.5 Å². The highest BCUT2D eigenvalue weighted by Crippen LogP contribution is 2.23. The van der Waals surface area contributed by atoms with E-state index in [0.29, 0.717) is 35.4 Å². The molecule has 0 saturated carbocycles. The van der Waals surface area contributed by atoms with Gasteiger partial charge in [0.25, 0.3) is 11.5 Å². The summed E-state index contributed by atoms with van der Waals surface area (Å²) in [5, 5.41) is 0.504. The molecule has 0 unspecified atom stereocenters. The van der Waals surface area contributed by atoms with E-state index in [1.165, 1.54) is 0 Å². The first kappa shape index (κ1) is 19.8. The van der Waals surface area contributed by atoms with Gasteiger partial charge in [0.2, 0.25) is 6.10 Å². The number of hydrogen-bond donors (Lipinski definition) is 1. The highest BCUT2D eigenvalue weighted by molar-refractivity contribution is 5.85. The Morgan fingerprint density at radius 2 is 1.73 bits per heavy atom. The number of benzene rings is 2. The maximum atomic E-state index is 12.9. The summed E-state index contributed by atoms with van der Waals surface area (Å²) in [7, 11) is 0. The molecule has 0 spiro atoms. The van der Waals surface area contributed by atoms with Crippen LogP contribution in [-0.2, 0) is 20.7 Å². The molecule has 1 fully saturated rings. The molecule has 2 heterocycles. The van der Waals surface area contributed by atoms with Crippen LogP contribution in [0.1, 0.15) is 36.8 Å². The van der Waals surface area contributed by atoms with Crippen LogP contribution >= 0.6 is 0 Å². The number of aryl methyl sites for hydroxylation is 1. The smallest absolute Gasteiger partial charge is 0.307 e. The van der Waals surface area contributed by atoms with Crippen molar-refractivity contribution in [2.24, 2.45) is 0 Å². The topological polar surface area (TPSA) is 92.4 Å². The van der Waals surface area contributed by atoms with Crippen molar-refractivity contribution in [1.82, 2.24) is 14.9 Å². The van der Waals surface area contributed by atoms with Crippen molar-refractivity contribution in [3.8, 4) is 0 Å². The summed E-state index contributed by atoms with van der Waals surface area (Å²) in [5.74, 6) is -0.283. The molecule has 0 aliphatic carbocycles. The summed E-state index contributed by atoms with van der Waals surface area (Å²) in [6.45, 7) is 1.37. The van der Waals surface area contributed by atoms with Crippen LogP contribution in [0, 0.1) is 0 Å². The highest BCUT2D eigenvalue weighted by Gasteiger charge is 2.30. The maximum Gasteiger partial charge on any atom is 0.307 e. The van der Waals surface area contributed by atoms with Crippen LogP contribution in [0.2, 0.25) is 0 Å². The summed E-state index contributed by atoms with van der Waals surface area (Å²) in [6.07, 6.45) is 1.20. The summed E-state index contributed by atoms with van der Waals surface area (Å²) in [5.41, 5.74) is 0.992. The molecule has 4 rings (SSSR count). The number of aromatic nitrogens is 2. The van der Waals surface area contributed by atoms with Gasteiger partial charge in [0.05, 0.1) is 17.3 Å². The van der Waals surface area contributed by atoms with Gasteiger partial charge in [-0.3, -0.25) is 14.4 Å². The molecule has 0 radical (unpaired) electrons. The monoisotopic (exact) mass is 405 g/mol. The minimum atomic E-state index is -0.958. The molecule has 3 aromatic rings. The Morgan fingerprint density at radius 3 is 2.50 bits per heavy atom. The first-order chi connectivity index (χ1) is 14.6. The standard InChI is InChI=1S/C23H23N3O4/c27-20(13-12-19-24-18-11-5-4-10-17(18)22(28)25-19)30-21(16-8-2-1-3-9-16)23(29)26-14-6-7-15-26/h1-5,8-11,21H,6-7,12-15H2,(H,24,25,28)/t21-/m0/s1. The minimum Gasteiger partial charge on any atom is -0.447 e. The van der Waals surface area contributed by atoms with Crippen molar-refractivity contribution >= 4 is 22.8 Å². The summed E-state index contributed by atoms with van der Waals surface area (Å²) in [6, 6.07) is 16.1. The number of amides is 1. The van der Waals surface area contributed by atoms with E-state index in [1.54, 1.807) is 41.3 Å². The van der Waals surface area contributed by atoms with Gasteiger partial charge in [-0.15, -0.1) is 0 Å². The maximum absolute atomic E-state index is 12.9. The molecule has 2 aromatic carbocycles. The lowest BCUT2D eigenvalue weighted by Crippen LogP contribution is -2.35. The molecule has 154 valence electrons. The minimum absolute atomic E-state index is 0.0118. The Balaban J connectivity index is 1.46. The number of fused-ring (bicyclic) bond motifs is 1. The second kappa shape index (κ2) is 8.90. The van der Waals surface area contributed by atoms with E-state index in [4.69, 9.17) is 4.74 Å². The van der Waals surface area contributed by atoms with Crippen molar-refractivity contribution in [2.45, 2.75) is 31.8 Å². The number of carbonyl (C=O) groups is 2. The number of rotatable bonds is 6. The van der Waals surface area contributed by atoms with Gasteiger partial charge in [-0.05, 0) is 25.0 Å². The van der Waals surface area contributed by atoms with Gasteiger partial charge in [-0.2, -0.15) is 0 Å². The Hall–Kier alpha value is -3.48. The molecular weight excluding hydrogens is 382 g/mol. The van der Waals surface area contributed by atoms with Crippen molar-refractivity contribution in [1.29, 1.82) is 0 Å². The average molecular weight is 405 g/mol. The van der Waals surface area contributed by atoms with E-state index in [-0.39, 0.29) is 24.3 Å². The molecule has 7 heteroatoms. The second-order valence-electron chi connectivity index (χ2n) is 7.34. The Bertz CT molecular complexity index is 1100. The summed E-state index contributed by atoms with van der Waals surface area (Å²) >= 11 is 0. The molecule has 30 heavy (non-hydrogen) atoms. The SMILES string of the molecule is O=C(CCc1nc2ccccc2c(=O)[nH]1)O[C@H](C(=O)N1CCCC1)c1ccccc1. The molecule has 1 N–H and O–H groups in total. The van der Waals surface area contributed by atoms with Crippen LogP contribution in [0.5, 0.6) is 0 Å². The lowest BCUT2D eigenvalue weighted by Gasteiger charge is -2.23. The quantitative estimate of drug-likeness (QED) is 0.637. The summed E-state index contributed by atoms with van der Waals surface area (Å²) in [4.78, 5) is 46.5. The lowest BCUT2D eigenvalue weighted by molar-refractivity contribution is -0.160. The van der Waals surface area contributed by atoms with E-state index in [0.717, 1.165) is 12.8 Å². The van der Waals surface area contributed by atoms with E-state index in [9.17, 15) is 14.4 Å². The largest absolute Gasteiger partial charge is 0.447 e. The zero-order valence-corrected chi connectivity index (χ0v) is 16.5. The van der Waals surface area contributed by atoms with Gasteiger partial charge in [0.1, 0.15) is 5.82 Å². The lowest BCUT2D eigenvalue weighted by atomic mass is 10.1. The van der Waals surface area contributed by atoms with Gasteiger partial charge < -0.3 is 14.6 Å². The predicted octanol–water partition coefficient (Wildman–Crippen LogP) is 2.76. The Kier molecular flexibility index (Phi) is 5.88. The number of nitrogens with one attached hydrogen (secondary N) is 1. The fourth-order valence-corrected chi connectivity index (χ4v) is 3.66. The number of esters is 1. The number of para-hydroxylation sites is 1. The van der Waals surface area contributed by atoms with Gasteiger partial charge in [-0.25, -0.2) is 4.98 Å². The first-order valence-corrected chi connectivity index (χ1v) is 10.1. The highest BCUT2D eigenvalue weighted by atomic mass is 16.5. The molecule has 1 saturated heterocycles. The fourth-order valence-electron chi connectivity index (χ4n) is 3.66. The van der Waals surface area contributed by atoms with Gasteiger partial charge in [0.15, 0.2) is 0 Å². The van der Waals surface area contributed by atoms with Crippen LogP contribution in [0.15, 0.2) is 59.4 Å². The third-order valence-corrected chi connectivity index (χ3v) is 5.22. The molecule has 7 nitrogen and oxygen atoms in total. The number of aromatic amines is 1. The van der Waals surface area contributed by atoms with Crippen molar-refractivity contribution in [3.63, 3.8) is 0 Å². The van der Waals surface area contributed by atoms with Crippen LogP contribution in [-0.4, -0.2) is 39.8 Å². The zero-order chi connectivity index (χ0) is 20.9. The second-order valence-corrected chi connectivity index (χ2v) is 7.34. The van der Waals surface area contributed by atoms with Crippen molar-refractivity contribution < 1.29 is 14.3 Å². The molecule has 1 aliphatic heterocycles. The van der Waals surface area contributed by atoms with Crippen LogP contribution in [0.4, 0.5) is 0 Å². The van der Waals surface area contributed by atoms with Crippen molar-refractivity contribution in [2.75, 3.05) is 13.1 Å². The molecule has 0 bridgehead atoms. The van der Waals surface area contributed by atoms with E-state index in [1.807, 2.05) is 18.2 Å². The first-order valence-electron chi connectivity index (χ1n) is 10.1. The van der Waals surface area contributed by atoms with E-state index in [2.05, 4.69) is 9.97 Å². The predicted molar refractivity (Wildman–Crippen MR) is 112 cm³/mol. The normalized spacial score (nSPS) is 14.6. The average Bonchev–Trinajstić information content (AvgIpc) is 3.31. The van der Waals surface area contributed by atoms with Gasteiger partial charge in [0, 0.05) is 25.1 Å². The number of ether oxygens (including phenoxy) is 1. The van der Waals surface area contributed by atoms with E-state index < -0.39 is 12.1 Å². The molecule has 1 aromatic heterocycles. The molecule has 1 aliphatic rings. The van der Waals surface area contributed by atoms with Crippen LogP contribution < -0.4 is 5.56 Å². The third-order valence-electron chi connectivity index (χ3n) is 5.22.